The zero-order valence-corrected chi connectivity index (χ0v) is 12.4. The molecule has 0 amide bonds. The third kappa shape index (κ3) is 3.99. The number of alkyl halides is 2. The molecular formula is C14H14F2N2O3S. The largest absolute Gasteiger partial charge is 0.433 e. The third-order valence-corrected chi connectivity index (χ3v) is 4.45. The zero-order valence-electron chi connectivity index (χ0n) is 11.6. The Balaban J connectivity index is 2.28. The molecule has 118 valence electrons. The second-order valence-electron chi connectivity index (χ2n) is 4.45. The number of para-hydroxylation sites is 1. The number of nitrogens with zero attached hydrogens (tertiary/aromatic N) is 1. The standard InChI is InChI=1S/C14H14F2N2O3S/c1-10(11-5-4-8-17-9-11)18-22(19,20)13-7-3-2-6-12(13)21-14(15)16/h2-10,14,18H,1H3. The monoisotopic (exact) mass is 328 g/mol. The number of hydrogen-bond donors (Lipinski definition) is 1. The molecule has 0 saturated heterocycles. The van der Waals surface area contributed by atoms with E-state index in [9.17, 15) is 17.2 Å². The number of rotatable bonds is 6. The van der Waals surface area contributed by atoms with Gasteiger partial charge in [-0.3, -0.25) is 4.98 Å². The van der Waals surface area contributed by atoms with Crippen molar-refractivity contribution in [2.24, 2.45) is 0 Å². The number of pyridine rings is 1. The predicted octanol–water partition coefficient (Wildman–Crippen LogP) is 2.72. The van der Waals surface area contributed by atoms with Crippen molar-refractivity contribution in [2.45, 2.75) is 24.5 Å². The van der Waals surface area contributed by atoms with Crippen molar-refractivity contribution < 1.29 is 21.9 Å². The molecule has 1 aromatic heterocycles. The molecule has 1 aromatic carbocycles. The molecule has 0 bridgehead atoms. The number of benzene rings is 1. The second-order valence-corrected chi connectivity index (χ2v) is 6.14. The van der Waals surface area contributed by atoms with Crippen LogP contribution in [0.3, 0.4) is 0 Å². The van der Waals surface area contributed by atoms with Crippen LogP contribution in [-0.2, 0) is 10.0 Å². The maximum absolute atomic E-state index is 12.4. The normalized spacial score (nSPS) is 13.1. The summed E-state index contributed by atoms with van der Waals surface area (Å²) in [5.74, 6) is -0.400. The minimum Gasteiger partial charge on any atom is -0.433 e. The van der Waals surface area contributed by atoms with Gasteiger partial charge in [-0.25, -0.2) is 13.1 Å². The lowest BCUT2D eigenvalue weighted by molar-refractivity contribution is -0.0517. The molecule has 0 saturated carbocycles. The third-order valence-electron chi connectivity index (χ3n) is 2.87. The average Bonchev–Trinajstić information content (AvgIpc) is 2.47. The zero-order chi connectivity index (χ0) is 16.2. The van der Waals surface area contributed by atoms with E-state index >= 15 is 0 Å². The quantitative estimate of drug-likeness (QED) is 0.885. The van der Waals surface area contributed by atoms with Crippen LogP contribution in [0.5, 0.6) is 5.75 Å². The molecule has 1 N–H and O–H groups in total. The van der Waals surface area contributed by atoms with Gasteiger partial charge in [0.1, 0.15) is 10.6 Å². The highest BCUT2D eigenvalue weighted by Crippen LogP contribution is 2.26. The fraction of sp³-hybridized carbons (Fsp3) is 0.214. The molecule has 0 aliphatic carbocycles. The second kappa shape index (κ2) is 6.80. The van der Waals surface area contributed by atoms with Gasteiger partial charge in [-0.1, -0.05) is 18.2 Å². The fourth-order valence-electron chi connectivity index (χ4n) is 1.86. The topological polar surface area (TPSA) is 68.3 Å². The molecule has 1 atom stereocenters. The number of hydrogen-bond acceptors (Lipinski definition) is 4. The van der Waals surface area contributed by atoms with Crippen LogP contribution in [0.15, 0.2) is 53.7 Å². The van der Waals surface area contributed by atoms with E-state index < -0.39 is 28.4 Å². The van der Waals surface area contributed by atoms with Gasteiger partial charge in [0.2, 0.25) is 10.0 Å². The Bertz CT molecular complexity index is 724. The van der Waals surface area contributed by atoms with Crippen LogP contribution in [0.2, 0.25) is 0 Å². The minimum absolute atomic E-state index is 0.342. The molecule has 2 aromatic rings. The lowest BCUT2D eigenvalue weighted by Gasteiger charge is -2.16. The smallest absolute Gasteiger partial charge is 0.387 e. The van der Waals surface area contributed by atoms with Gasteiger partial charge in [-0.15, -0.1) is 0 Å². The summed E-state index contributed by atoms with van der Waals surface area (Å²) in [6.45, 7) is -1.47. The molecule has 1 unspecified atom stereocenters. The van der Waals surface area contributed by atoms with Crippen molar-refractivity contribution in [1.82, 2.24) is 9.71 Å². The Labute approximate surface area is 127 Å². The van der Waals surface area contributed by atoms with E-state index in [0.29, 0.717) is 5.56 Å². The molecule has 0 spiro atoms. The molecule has 0 aliphatic rings. The van der Waals surface area contributed by atoms with Gasteiger partial charge in [0.05, 0.1) is 0 Å². The van der Waals surface area contributed by atoms with Gasteiger partial charge in [0.25, 0.3) is 0 Å². The van der Waals surface area contributed by atoms with Crippen LogP contribution in [0.4, 0.5) is 8.78 Å². The van der Waals surface area contributed by atoms with Crippen LogP contribution in [-0.4, -0.2) is 20.0 Å². The minimum atomic E-state index is -4.02. The molecular weight excluding hydrogens is 314 g/mol. The molecule has 0 radical (unpaired) electrons. The predicted molar refractivity (Wildman–Crippen MR) is 76.0 cm³/mol. The summed E-state index contributed by atoms with van der Waals surface area (Å²) in [5.41, 5.74) is 0.651. The maximum Gasteiger partial charge on any atom is 0.387 e. The van der Waals surface area contributed by atoms with E-state index in [2.05, 4.69) is 14.4 Å². The van der Waals surface area contributed by atoms with Gasteiger partial charge < -0.3 is 4.74 Å². The van der Waals surface area contributed by atoms with E-state index in [1.807, 2.05) is 0 Å². The highest BCUT2D eigenvalue weighted by atomic mass is 32.2. The summed E-state index contributed by atoms with van der Waals surface area (Å²) in [4.78, 5) is 3.57. The lowest BCUT2D eigenvalue weighted by Crippen LogP contribution is -2.27. The Morgan fingerprint density at radius 2 is 1.91 bits per heavy atom. The lowest BCUT2D eigenvalue weighted by atomic mass is 10.2. The summed E-state index contributed by atoms with van der Waals surface area (Å²) >= 11 is 0. The van der Waals surface area contributed by atoms with Crippen LogP contribution in [0, 0.1) is 0 Å². The number of nitrogens with one attached hydrogen (secondary N) is 1. The van der Waals surface area contributed by atoms with Crippen LogP contribution < -0.4 is 9.46 Å². The molecule has 0 fully saturated rings. The van der Waals surface area contributed by atoms with Crippen LogP contribution in [0.25, 0.3) is 0 Å². The van der Waals surface area contributed by atoms with Crippen molar-refractivity contribution in [3.63, 3.8) is 0 Å². The first-order valence-corrected chi connectivity index (χ1v) is 7.84. The molecule has 5 nitrogen and oxygen atoms in total. The van der Waals surface area contributed by atoms with Gasteiger partial charge in [0, 0.05) is 18.4 Å². The Morgan fingerprint density at radius 1 is 1.18 bits per heavy atom. The van der Waals surface area contributed by atoms with Gasteiger partial charge in [-0.05, 0) is 30.7 Å². The highest BCUT2D eigenvalue weighted by Gasteiger charge is 2.23. The number of aromatic nitrogens is 1. The van der Waals surface area contributed by atoms with E-state index in [-0.39, 0.29) is 4.90 Å². The summed E-state index contributed by atoms with van der Waals surface area (Å²) in [6, 6.07) is 8.04. The number of halogens is 2. The number of sulfonamides is 1. The Morgan fingerprint density at radius 3 is 2.55 bits per heavy atom. The van der Waals surface area contributed by atoms with Crippen LogP contribution >= 0.6 is 0 Å². The van der Waals surface area contributed by atoms with Crippen molar-refractivity contribution in [2.75, 3.05) is 0 Å². The van der Waals surface area contributed by atoms with E-state index in [4.69, 9.17) is 0 Å². The fourth-order valence-corrected chi connectivity index (χ4v) is 3.23. The van der Waals surface area contributed by atoms with E-state index in [1.54, 1.807) is 25.3 Å². The van der Waals surface area contributed by atoms with Crippen molar-refractivity contribution >= 4 is 10.0 Å². The SMILES string of the molecule is CC(NS(=O)(=O)c1ccccc1OC(F)F)c1cccnc1. The molecule has 22 heavy (non-hydrogen) atoms. The van der Waals surface area contributed by atoms with Gasteiger partial charge >= 0.3 is 6.61 Å². The summed E-state index contributed by atoms with van der Waals surface area (Å²) in [6.07, 6.45) is 3.09. The average molecular weight is 328 g/mol. The van der Waals surface area contributed by atoms with Crippen molar-refractivity contribution in [3.8, 4) is 5.75 Å². The number of ether oxygens (including phenoxy) is 1. The molecule has 0 aliphatic heterocycles. The Hall–Kier alpha value is -2.06. The maximum atomic E-state index is 12.4. The Kier molecular flexibility index (Phi) is 5.04. The van der Waals surface area contributed by atoms with Crippen LogP contribution in [0.1, 0.15) is 18.5 Å². The van der Waals surface area contributed by atoms with E-state index in [0.717, 1.165) is 0 Å². The van der Waals surface area contributed by atoms with Gasteiger partial charge in [0.15, 0.2) is 0 Å². The molecule has 8 heteroatoms. The summed E-state index contributed by atoms with van der Waals surface area (Å²) < 4.78 is 56.1. The molecule has 1 heterocycles. The summed E-state index contributed by atoms with van der Waals surface area (Å²) in [5, 5.41) is 0. The summed E-state index contributed by atoms with van der Waals surface area (Å²) in [7, 11) is -4.02. The van der Waals surface area contributed by atoms with Crippen molar-refractivity contribution in [3.05, 3.63) is 54.4 Å². The molecule has 2 rings (SSSR count). The van der Waals surface area contributed by atoms with E-state index in [1.165, 1.54) is 30.5 Å². The van der Waals surface area contributed by atoms with Gasteiger partial charge in [-0.2, -0.15) is 8.78 Å². The first-order valence-electron chi connectivity index (χ1n) is 6.36. The first kappa shape index (κ1) is 16.3. The highest BCUT2D eigenvalue weighted by molar-refractivity contribution is 7.89. The first-order chi connectivity index (χ1) is 10.4. The van der Waals surface area contributed by atoms with Crippen molar-refractivity contribution in [1.29, 1.82) is 0 Å².